The van der Waals surface area contributed by atoms with Gasteiger partial charge in [0, 0.05) is 25.2 Å². The van der Waals surface area contributed by atoms with Crippen molar-refractivity contribution < 1.29 is 0 Å². The number of nitrogens with zero attached hydrogens (tertiary/aromatic N) is 2. The van der Waals surface area contributed by atoms with Gasteiger partial charge in [-0.1, -0.05) is 17.7 Å². The minimum atomic E-state index is 0.0537. The molecule has 0 amide bonds. The fourth-order valence-corrected chi connectivity index (χ4v) is 1.88. The summed E-state index contributed by atoms with van der Waals surface area (Å²) in [5.74, 6) is 0.308. The summed E-state index contributed by atoms with van der Waals surface area (Å²) in [7, 11) is 0. The first-order valence-electron chi connectivity index (χ1n) is 4.53. The maximum absolute atomic E-state index is 8.92. The van der Waals surface area contributed by atoms with E-state index in [1.165, 1.54) is 0 Å². The number of aromatic nitrogens is 1. The minimum Gasteiger partial charge on any atom is -0.315 e. The molecule has 14 heavy (non-hydrogen) atoms. The van der Waals surface area contributed by atoms with Gasteiger partial charge in [-0.2, -0.15) is 5.26 Å². The molecule has 1 saturated heterocycles. The standard InChI is InChI=1S/C10H10ClN3/c11-10-2-1-7(5-14-10)9-6-13-4-8(9)3-12/h1-2,5,8-9,13H,4,6H2. The summed E-state index contributed by atoms with van der Waals surface area (Å²) in [6.07, 6.45) is 1.75. The summed E-state index contributed by atoms with van der Waals surface area (Å²) >= 11 is 5.70. The van der Waals surface area contributed by atoms with Crippen LogP contribution in [0.4, 0.5) is 0 Å². The first kappa shape index (κ1) is 9.45. The Labute approximate surface area is 87.7 Å². The zero-order chi connectivity index (χ0) is 9.97. The zero-order valence-electron chi connectivity index (χ0n) is 7.57. The van der Waals surface area contributed by atoms with Gasteiger partial charge >= 0.3 is 0 Å². The Morgan fingerprint density at radius 1 is 1.50 bits per heavy atom. The van der Waals surface area contributed by atoms with Crippen LogP contribution >= 0.6 is 11.6 Å². The molecule has 0 spiro atoms. The van der Waals surface area contributed by atoms with E-state index in [0.717, 1.165) is 18.7 Å². The van der Waals surface area contributed by atoms with Crippen molar-refractivity contribution in [1.29, 1.82) is 5.26 Å². The van der Waals surface area contributed by atoms with Crippen LogP contribution in [0.3, 0.4) is 0 Å². The van der Waals surface area contributed by atoms with Crippen molar-refractivity contribution in [3.8, 4) is 6.07 Å². The van der Waals surface area contributed by atoms with Crippen LogP contribution in [0, 0.1) is 17.2 Å². The highest BCUT2D eigenvalue weighted by atomic mass is 35.5. The highest BCUT2D eigenvalue weighted by molar-refractivity contribution is 6.29. The number of hydrogen-bond acceptors (Lipinski definition) is 3. The Kier molecular flexibility index (Phi) is 2.67. The van der Waals surface area contributed by atoms with Crippen molar-refractivity contribution in [2.45, 2.75) is 5.92 Å². The van der Waals surface area contributed by atoms with Crippen LogP contribution in [0.1, 0.15) is 11.5 Å². The van der Waals surface area contributed by atoms with Gasteiger partial charge < -0.3 is 5.32 Å². The van der Waals surface area contributed by atoms with Gasteiger partial charge in [0.2, 0.25) is 0 Å². The first-order chi connectivity index (χ1) is 6.81. The summed E-state index contributed by atoms with van der Waals surface area (Å²) in [6, 6.07) is 6.01. The number of pyridine rings is 1. The molecule has 1 fully saturated rings. The van der Waals surface area contributed by atoms with E-state index in [2.05, 4.69) is 16.4 Å². The number of halogens is 1. The van der Waals surface area contributed by atoms with Gasteiger partial charge in [-0.25, -0.2) is 4.98 Å². The van der Waals surface area contributed by atoms with Gasteiger partial charge in [0.25, 0.3) is 0 Å². The monoisotopic (exact) mass is 207 g/mol. The second-order valence-corrected chi connectivity index (χ2v) is 3.80. The van der Waals surface area contributed by atoms with Crippen molar-refractivity contribution in [1.82, 2.24) is 10.3 Å². The van der Waals surface area contributed by atoms with E-state index in [1.807, 2.05) is 6.07 Å². The lowest BCUT2D eigenvalue weighted by Gasteiger charge is -2.11. The molecule has 1 aromatic rings. The minimum absolute atomic E-state index is 0.0537. The van der Waals surface area contributed by atoms with Crippen molar-refractivity contribution in [2.75, 3.05) is 13.1 Å². The second-order valence-electron chi connectivity index (χ2n) is 3.41. The van der Waals surface area contributed by atoms with Gasteiger partial charge in [-0.05, 0) is 11.6 Å². The van der Waals surface area contributed by atoms with Crippen LogP contribution in [-0.4, -0.2) is 18.1 Å². The Balaban J connectivity index is 2.23. The summed E-state index contributed by atoms with van der Waals surface area (Å²) < 4.78 is 0. The zero-order valence-corrected chi connectivity index (χ0v) is 8.33. The Morgan fingerprint density at radius 2 is 2.36 bits per heavy atom. The predicted molar refractivity (Wildman–Crippen MR) is 54.0 cm³/mol. The molecule has 0 aromatic carbocycles. The van der Waals surface area contributed by atoms with Crippen LogP contribution in [0.2, 0.25) is 5.15 Å². The lowest BCUT2D eigenvalue weighted by Crippen LogP contribution is -2.08. The molecule has 2 rings (SSSR count). The Hall–Kier alpha value is -1.11. The summed E-state index contributed by atoms with van der Waals surface area (Å²) in [5.41, 5.74) is 1.09. The third-order valence-electron chi connectivity index (χ3n) is 2.56. The van der Waals surface area contributed by atoms with Crippen molar-refractivity contribution in [2.24, 2.45) is 5.92 Å². The largest absolute Gasteiger partial charge is 0.315 e. The molecule has 0 radical (unpaired) electrons. The quantitative estimate of drug-likeness (QED) is 0.711. The molecule has 1 N–H and O–H groups in total. The molecule has 0 saturated carbocycles. The molecule has 1 aliphatic heterocycles. The second kappa shape index (κ2) is 3.95. The van der Waals surface area contributed by atoms with Crippen LogP contribution in [0.5, 0.6) is 0 Å². The van der Waals surface area contributed by atoms with E-state index < -0.39 is 0 Å². The van der Waals surface area contributed by atoms with Crippen LogP contribution in [0.15, 0.2) is 18.3 Å². The molecule has 0 aliphatic carbocycles. The maximum atomic E-state index is 8.92. The van der Waals surface area contributed by atoms with E-state index in [-0.39, 0.29) is 11.8 Å². The van der Waals surface area contributed by atoms with Gasteiger partial charge in [0.05, 0.1) is 12.0 Å². The highest BCUT2D eigenvalue weighted by Gasteiger charge is 2.28. The third kappa shape index (κ3) is 1.72. The summed E-state index contributed by atoms with van der Waals surface area (Å²) in [5, 5.41) is 12.6. The number of nitriles is 1. The topological polar surface area (TPSA) is 48.7 Å². The Bertz CT molecular complexity index is 355. The predicted octanol–water partition coefficient (Wildman–Crippen LogP) is 1.56. The molecule has 2 heterocycles. The fraction of sp³-hybridized carbons (Fsp3) is 0.400. The lowest BCUT2D eigenvalue weighted by atomic mass is 9.91. The van der Waals surface area contributed by atoms with Crippen LogP contribution < -0.4 is 5.32 Å². The van der Waals surface area contributed by atoms with E-state index in [4.69, 9.17) is 16.9 Å². The molecule has 3 nitrogen and oxygen atoms in total. The average molecular weight is 208 g/mol. The van der Waals surface area contributed by atoms with Crippen molar-refractivity contribution in [3.63, 3.8) is 0 Å². The van der Waals surface area contributed by atoms with Gasteiger partial charge in [-0.3, -0.25) is 0 Å². The van der Waals surface area contributed by atoms with Crippen LogP contribution in [0.25, 0.3) is 0 Å². The number of hydrogen-bond donors (Lipinski definition) is 1. The Morgan fingerprint density at radius 3 is 3.00 bits per heavy atom. The number of rotatable bonds is 1. The molecule has 4 heteroatoms. The molecule has 1 aromatic heterocycles. The fourth-order valence-electron chi connectivity index (χ4n) is 1.77. The van der Waals surface area contributed by atoms with Gasteiger partial charge in [0.15, 0.2) is 0 Å². The van der Waals surface area contributed by atoms with E-state index >= 15 is 0 Å². The molecule has 2 atom stereocenters. The van der Waals surface area contributed by atoms with Gasteiger partial charge in [-0.15, -0.1) is 0 Å². The molecular formula is C10H10ClN3. The van der Waals surface area contributed by atoms with Crippen molar-refractivity contribution >= 4 is 11.6 Å². The number of nitrogens with one attached hydrogen (secondary N) is 1. The summed E-state index contributed by atoms with van der Waals surface area (Å²) in [6.45, 7) is 1.62. The van der Waals surface area contributed by atoms with E-state index in [1.54, 1.807) is 12.3 Å². The normalized spacial score (nSPS) is 26.0. The molecule has 1 aliphatic rings. The van der Waals surface area contributed by atoms with E-state index in [9.17, 15) is 0 Å². The average Bonchev–Trinajstić information content (AvgIpc) is 2.67. The van der Waals surface area contributed by atoms with E-state index in [0.29, 0.717) is 5.15 Å². The maximum Gasteiger partial charge on any atom is 0.129 e. The van der Waals surface area contributed by atoms with Gasteiger partial charge in [0.1, 0.15) is 5.15 Å². The SMILES string of the molecule is N#CC1CNCC1c1ccc(Cl)nc1. The smallest absolute Gasteiger partial charge is 0.129 e. The highest BCUT2D eigenvalue weighted by Crippen LogP contribution is 2.27. The molecular weight excluding hydrogens is 198 g/mol. The first-order valence-corrected chi connectivity index (χ1v) is 4.91. The molecule has 0 bridgehead atoms. The molecule has 72 valence electrons. The van der Waals surface area contributed by atoms with Crippen molar-refractivity contribution in [3.05, 3.63) is 29.0 Å². The lowest BCUT2D eigenvalue weighted by molar-refractivity contribution is 0.644. The third-order valence-corrected chi connectivity index (χ3v) is 2.78. The van der Waals surface area contributed by atoms with Crippen LogP contribution in [-0.2, 0) is 0 Å². The molecule has 2 unspecified atom stereocenters. The summed E-state index contributed by atoms with van der Waals surface area (Å²) in [4.78, 5) is 4.02.